The van der Waals surface area contributed by atoms with Crippen LogP contribution in [0.25, 0.3) is 0 Å². The second-order valence-corrected chi connectivity index (χ2v) is 5.79. The van der Waals surface area contributed by atoms with E-state index in [1.165, 1.54) is 12.1 Å². The number of carbonyl (C=O) groups is 2. The lowest BCUT2D eigenvalue weighted by molar-refractivity contribution is 0.0697. The zero-order chi connectivity index (χ0) is 15.4. The molecule has 7 heteroatoms. The van der Waals surface area contributed by atoms with Crippen LogP contribution in [-0.2, 0) is 4.74 Å². The highest BCUT2D eigenvalue weighted by Gasteiger charge is 2.23. The highest BCUT2D eigenvalue weighted by atomic mass is 79.9. The van der Waals surface area contributed by atoms with Gasteiger partial charge < -0.3 is 20.5 Å². The van der Waals surface area contributed by atoms with E-state index >= 15 is 0 Å². The maximum absolute atomic E-state index is 12.0. The molecule has 1 aromatic carbocycles. The lowest BCUT2D eigenvalue weighted by Crippen LogP contribution is -2.43. The zero-order valence-electron chi connectivity index (χ0n) is 11.6. The number of benzene rings is 1. The van der Waals surface area contributed by atoms with Gasteiger partial charge in [0.2, 0.25) is 0 Å². The van der Waals surface area contributed by atoms with Gasteiger partial charge in [0.1, 0.15) is 0 Å². The van der Waals surface area contributed by atoms with E-state index in [4.69, 9.17) is 9.84 Å². The summed E-state index contributed by atoms with van der Waals surface area (Å²) < 4.78 is 6.13. The van der Waals surface area contributed by atoms with E-state index in [1.807, 2.05) is 6.92 Å². The number of halogens is 1. The van der Waals surface area contributed by atoms with Crippen LogP contribution >= 0.6 is 15.9 Å². The molecule has 1 saturated heterocycles. The third-order valence-corrected chi connectivity index (χ3v) is 4.03. The number of hydrogen-bond acceptors (Lipinski definition) is 3. The molecule has 1 aromatic rings. The number of nitrogens with one attached hydrogen (secondary N) is 2. The van der Waals surface area contributed by atoms with Crippen molar-refractivity contribution >= 4 is 33.6 Å². The first-order valence-corrected chi connectivity index (χ1v) is 7.48. The van der Waals surface area contributed by atoms with Crippen LogP contribution in [-0.4, -0.2) is 35.9 Å². The summed E-state index contributed by atoms with van der Waals surface area (Å²) in [6, 6.07) is 3.96. The molecule has 114 valence electrons. The fourth-order valence-electron chi connectivity index (χ4n) is 2.21. The summed E-state index contributed by atoms with van der Waals surface area (Å²) in [5.74, 6) is -1.04. The molecule has 1 aliphatic rings. The third-order valence-electron chi connectivity index (χ3n) is 3.34. The van der Waals surface area contributed by atoms with Gasteiger partial charge in [0, 0.05) is 11.1 Å². The summed E-state index contributed by atoms with van der Waals surface area (Å²) in [6.45, 7) is 2.61. The zero-order valence-corrected chi connectivity index (χ0v) is 13.1. The summed E-state index contributed by atoms with van der Waals surface area (Å²) in [5, 5.41) is 14.4. The summed E-state index contributed by atoms with van der Waals surface area (Å²) in [5.41, 5.74) is 0.521. The molecule has 0 aliphatic carbocycles. The average molecular weight is 357 g/mol. The molecule has 2 amide bonds. The molecule has 1 aliphatic heterocycles. The molecule has 0 aromatic heterocycles. The minimum atomic E-state index is -1.04. The van der Waals surface area contributed by atoms with Gasteiger partial charge in [0.15, 0.2) is 0 Å². The Labute approximate surface area is 131 Å². The number of anilines is 1. The van der Waals surface area contributed by atoms with E-state index in [0.29, 0.717) is 10.2 Å². The van der Waals surface area contributed by atoms with Crippen molar-refractivity contribution in [1.82, 2.24) is 5.32 Å². The van der Waals surface area contributed by atoms with Crippen LogP contribution in [0.1, 0.15) is 30.1 Å². The Morgan fingerprint density at radius 3 is 2.86 bits per heavy atom. The number of rotatable bonds is 4. The molecule has 1 fully saturated rings. The molecular weight excluding hydrogens is 340 g/mol. The van der Waals surface area contributed by atoms with Gasteiger partial charge in [-0.3, -0.25) is 0 Å². The lowest BCUT2D eigenvalue weighted by Gasteiger charge is -2.20. The van der Waals surface area contributed by atoms with Crippen molar-refractivity contribution in [2.24, 2.45) is 0 Å². The van der Waals surface area contributed by atoms with Gasteiger partial charge in [-0.15, -0.1) is 0 Å². The molecule has 3 N–H and O–H groups in total. The van der Waals surface area contributed by atoms with Crippen LogP contribution in [0.2, 0.25) is 0 Å². The second-order valence-electron chi connectivity index (χ2n) is 4.94. The Morgan fingerprint density at radius 1 is 1.48 bits per heavy atom. The standard InChI is InChI=1S/C14H17BrN2O4/c1-8(12-3-2-6-21-12)16-14(20)17-11-7-9(13(18)19)4-5-10(11)15/h4-5,7-8,12H,2-3,6H2,1H3,(H,18,19)(H2,16,17,20). The minimum absolute atomic E-state index is 0.0320. The van der Waals surface area contributed by atoms with E-state index in [0.717, 1.165) is 19.4 Å². The van der Waals surface area contributed by atoms with Gasteiger partial charge in [-0.05, 0) is 53.9 Å². The topological polar surface area (TPSA) is 87.7 Å². The molecule has 6 nitrogen and oxygen atoms in total. The van der Waals surface area contributed by atoms with Crippen LogP contribution in [0, 0.1) is 0 Å². The van der Waals surface area contributed by atoms with Crippen LogP contribution in [0.15, 0.2) is 22.7 Å². The summed E-state index contributed by atoms with van der Waals surface area (Å²) in [7, 11) is 0. The van der Waals surface area contributed by atoms with Crippen LogP contribution in [0.3, 0.4) is 0 Å². The molecule has 1 heterocycles. The Kier molecular flexibility index (Phi) is 5.19. The molecule has 0 spiro atoms. The minimum Gasteiger partial charge on any atom is -0.478 e. The molecule has 0 saturated carbocycles. The largest absolute Gasteiger partial charge is 0.478 e. The molecule has 2 atom stereocenters. The third kappa shape index (κ3) is 4.18. The van der Waals surface area contributed by atoms with Gasteiger partial charge in [-0.2, -0.15) is 0 Å². The van der Waals surface area contributed by atoms with Gasteiger partial charge in [0.05, 0.1) is 23.4 Å². The maximum atomic E-state index is 12.0. The molecule has 0 radical (unpaired) electrons. The van der Waals surface area contributed by atoms with Gasteiger partial charge >= 0.3 is 12.0 Å². The van der Waals surface area contributed by atoms with E-state index in [-0.39, 0.29) is 23.7 Å². The van der Waals surface area contributed by atoms with Crippen molar-refractivity contribution < 1.29 is 19.4 Å². The van der Waals surface area contributed by atoms with Crippen LogP contribution < -0.4 is 10.6 Å². The van der Waals surface area contributed by atoms with E-state index < -0.39 is 5.97 Å². The van der Waals surface area contributed by atoms with E-state index in [9.17, 15) is 9.59 Å². The van der Waals surface area contributed by atoms with Crippen molar-refractivity contribution in [2.45, 2.75) is 31.9 Å². The van der Waals surface area contributed by atoms with Gasteiger partial charge in [-0.25, -0.2) is 9.59 Å². The van der Waals surface area contributed by atoms with Crippen molar-refractivity contribution in [3.8, 4) is 0 Å². The maximum Gasteiger partial charge on any atom is 0.335 e. The normalized spacial score (nSPS) is 19.0. The van der Waals surface area contributed by atoms with Gasteiger partial charge in [0.25, 0.3) is 0 Å². The van der Waals surface area contributed by atoms with E-state index in [1.54, 1.807) is 6.07 Å². The van der Waals surface area contributed by atoms with Crippen molar-refractivity contribution in [2.75, 3.05) is 11.9 Å². The predicted molar refractivity (Wildman–Crippen MR) is 81.7 cm³/mol. The first-order chi connectivity index (χ1) is 9.97. The quantitative estimate of drug-likeness (QED) is 0.773. The first kappa shape index (κ1) is 15.8. The SMILES string of the molecule is CC(NC(=O)Nc1cc(C(=O)O)ccc1Br)C1CCCO1. The highest BCUT2D eigenvalue weighted by molar-refractivity contribution is 9.10. The van der Waals surface area contributed by atoms with Crippen molar-refractivity contribution in [3.05, 3.63) is 28.2 Å². The van der Waals surface area contributed by atoms with Crippen LogP contribution in [0.5, 0.6) is 0 Å². The number of urea groups is 1. The van der Waals surface area contributed by atoms with Crippen molar-refractivity contribution in [3.63, 3.8) is 0 Å². The fraction of sp³-hybridized carbons (Fsp3) is 0.429. The number of carbonyl (C=O) groups excluding carboxylic acids is 1. The number of carboxylic acid groups (broad SMARTS) is 1. The lowest BCUT2D eigenvalue weighted by atomic mass is 10.1. The number of amides is 2. The Bertz CT molecular complexity index is 544. The van der Waals surface area contributed by atoms with E-state index in [2.05, 4.69) is 26.6 Å². The second kappa shape index (κ2) is 6.91. The highest BCUT2D eigenvalue weighted by Crippen LogP contribution is 2.24. The number of hydrogen-bond donors (Lipinski definition) is 3. The van der Waals surface area contributed by atoms with Gasteiger partial charge in [-0.1, -0.05) is 0 Å². The number of carboxylic acids is 1. The Balaban J connectivity index is 1.98. The fourth-order valence-corrected chi connectivity index (χ4v) is 2.55. The average Bonchev–Trinajstić information content (AvgIpc) is 2.95. The predicted octanol–water partition coefficient (Wildman–Crippen LogP) is 2.84. The summed E-state index contributed by atoms with van der Waals surface area (Å²) in [6.07, 6.45) is 1.97. The van der Waals surface area contributed by atoms with Crippen LogP contribution in [0.4, 0.5) is 10.5 Å². The Hall–Kier alpha value is -1.60. The molecule has 2 rings (SSSR count). The first-order valence-electron chi connectivity index (χ1n) is 6.69. The monoisotopic (exact) mass is 356 g/mol. The molecular formula is C14H17BrN2O4. The molecule has 0 bridgehead atoms. The number of ether oxygens (including phenoxy) is 1. The smallest absolute Gasteiger partial charge is 0.335 e. The molecule has 2 unspecified atom stereocenters. The Morgan fingerprint density at radius 2 is 2.24 bits per heavy atom. The van der Waals surface area contributed by atoms with Crippen molar-refractivity contribution in [1.29, 1.82) is 0 Å². The summed E-state index contributed by atoms with van der Waals surface area (Å²) >= 11 is 3.28. The summed E-state index contributed by atoms with van der Waals surface area (Å²) in [4.78, 5) is 22.9. The molecule has 21 heavy (non-hydrogen) atoms. The number of aromatic carboxylic acids is 1.